The van der Waals surface area contributed by atoms with Crippen LogP contribution in [-0.2, 0) is 6.54 Å². The summed E-state index contributed by atoms with van der Waals surface area (Å²) >= 11 is 1.58. The Morgan fingerprint density at radius 3 is 2.95 bits per heavy atom. The maximum absolute atomic E-state index is 11.1. The van der Waals surface area contributed by atoms with Gasteiger partial charge in [0.25, 0.3) is 5.69 Å². The zero-order chi connectivity index (χ0) is 13.4. The molecule has 0 unspecified atom stereocenters. The normalized spacial score (nSPS) is 11.0. The molecule has 0 amide bonds. The number of nitro benzene ring substituents is 1. The van der Waals surface area contributed by atoms with Crippen molar-refractivity contribution in [1.29, 1.82) is 0 Å². The number of benzene rings is 1. The molecule has 0 N–H and O–H groups in total. The van der Waals surface area contributed by atoms with E-state index in [1.54, 1.807) is 17.4 Å². The van der Waals surface area contributed by atoms with Gasteiger partial charge in [-0.2, -0.15) is 0 Å². The first-order valence-corrected chi connectivity index (χ1v) is 6.66. The van der Waals surface area contributed by atoms with E-state index in [0.29, 0.717) is 12.1 Å². The Balaban J connectivity index is 2.11. The standard InChI is InChI=1S/C13H11N3O2S/c1-9-14-11(8-19-9)7-15-6-5-10-3-2-4-12(13(10)15)16(17)18/h2-6,8H,7H2,1H3. The number of non-ortho nitro benzene ring substituents is 1. The highest BCUT2D eigenvalue weighted by Crippen LogP contribution is 2.27. The fraction of sp³-hybridized carbons (Fsp3) is 0.154. The first-order chi connectivity index (χ1) is 9.15. The lowest BCUT2D eigenvalue weighted by atomic mass is 10.2. The summed E-state index contributed by atoms with van der Waals surface area (Å²) in [6.07, 6.45) is 1.87. The lowest BCUT2D eigenvalue weighted by Crippen LogP contribution is -2.00. The molecule has 0 aliphatic heterocycles. The van der Waals surface area contributed by atoms with Crippen LogP contribution in [0.5, 0.6) is 0 Å². The molecule has 1 aromatic carbocycles. The van der Waals surface area contributed by atoms with Gasteiger partial charge in [0.2, 0.25) is 0 Å². The molecule has 0 aliphatic carbocycles. The van der Waals surface area contributed by atoms with E-state index in [-0.39, 0.29) is 10.6 Å². The maximum Gasteiger partial charge on any atom is 0.293 e. The number of nitrogens with zero attached hydrogens (tertiary/aromatic N) is 3. The minimum Gasteiger partial charge on any atom is -0.336 e. The van der Waals surface area contributed by atoms with E-state index in [9.17, 15) is 10.1 Å². The molecule has 5 nitrogen and oxygen atoms in total. The molecule has 96 valence electrons. The van der Waals surface area contributed by atoms with Crippen LogP contribution in [0.15, 0.2) is 35.8 Å². The summed E-state index contributed by atoms with van der Waals surface area (Å²) < 4.78 is 1.88. The van der Waals surface area contributed by atoms with Gasteiger partial charge in [-0.05, 0) is 13.0 Å². The van der Waals surface area contributed by atoms with Gasteiger partial charge in [0, 0.05) is 23.0 Å². The molecule has 3 aromatic rings. The fourth-order valence-electron chi connectivity index (χ4n) is 2.18. The van der Waals surface area contributed by atoms with Gasteiger partial charge in [0.15, 0.2) is 0 Å². The van der Waals surface area contributed by atoms with E-state index in [2.05, 4.69) is 4.98 Å². The smallest absolute Gasteiger partial charge is 0.293 e. The number of nitro groups is 1. The molecule has 19 heavy (non-hydrogen) atoms. The SMILES string of the molecule is Cc1nc(Cn2ccc3cccc([N+](=O)[O-])c32)cs1. The third kappa shape index (κ3) is 2.10. The van der Waals surface area contributed by atoms with Crippen LogP contribution in [0.2, 0.25) is 0 Å². The van der Waals surface area contributed by atoms with Gasteiger partial charge >= 0.3 is 0 Å². The van der Waals surface area contributed by atoms with E-state index in [0.717, 1.165) is 16.1 Å². The van der Waals surface area contributed by atoms with Crippen LogP contribution in [0.4, 0.5) is 5.69 Å². The maximum atomic E-state index is 11.1. The van der Waals surface area contributed by atoms with E-state index < -0.39 is 0 Å². The summed E-state index contributed by atoms with van der Waals surface area (Å²) in [7, 11) is 0. The van der Waals surface area contributed by atoms with Crippen molar-refractivity contribution in [1.82, 2.24) is 9.55 Å². The second-order valence-electron chi connectivity index (χ2n) is 4.27. The van der Waals surface area contributed by atoms with Crippen molar-refractivity contribution in [3.05, 3.63) is 56.7 Å². The van der Waals surface area contributed by atoms with Crippen LogP contribution in [0.1, 0.15) is 10.7 Å². The lowest BCUT2D eigenvalue weighted by molar-refractivity contribution is -0.383. The summed E-state index contributed by atoms with van der Waals surface area (Å²) in [6.45, 7) is 2.50. The van der Waals surface area contributed by atoms with Crippen LogP contribution in [0.25, 0.3) is 10.9 Å². The zero-order valence-corrected chi connectivity index (χ0v) is 11.1. The van der Waals surface area contributed by atoms with Crippen LogP contribution < -0.4 is 0 Å². The van der Waals surface area contributed by atoms with Gasteiger partial charge in [-0.25, -0.2) is 4.98 Å². The topological polar surface area (TPSA) is 61.0 Å². The molecule has 0 aliphatic rings. The van der Waals surface area contributed by atoms with Crippen molar-refractivity contribution in [3.8, 4) is 0 Å². The largest absolute Gasteiger partial charge is 0.336 e. The minimum absolute atomic E-state index is 0.134. The monoisotopic (exact) mass is 273 g/mol. The predicted molar refractivity (Wildman–Crippen MR) is 74.5 cm³/mol. The summed E-state index contributed by atoms with van der Waals surface area (Å²) in [5.74, 6) is 0. The van der Waals surface area contributed by atoms with E-state index in [1.807, 2.05) is 35.2 Å². The predicted octanol–water partition coefficient (Wildman–Crippen LogP) is 3.36. The molecule has 6 heteroatoms. The van der Waals surface area contributed by atoms with Crippen molar-refractivity contribution in [2.75, 3.05) is 0 Å². The van der Waals surface area contributed by atoms with Gasteiger partial charge in [-0.15, -0.1) is 11.3 Å². The van der Waals surface area contributed by atoms with Crippen LogP contribution >= 0.6 is 11.3 Å². The van der Waals surface area contributed by atoms with Crippen molar-refractivity contribution >= 4 is 27.9 Å². The van der Waals surface area contributed by atoms with Gasteiger partial charge in [-0.3, -0.25) is 10.1 Å². The molecule has 0 bridgehead atoms. The summed E-state index contributed by atoms with van der Waals surface area (Å²) in [6, 6.07) is 7.01. The fourth-order valence-corrected chi connectivity index (χ4v) is 2.78. The molecule has 2 aromatic heterocycles. The Hall–Kier alpha value is -2.21. The number of para-hydroxylation sites is 1. The van der Waals surface area contributed by atoms with Crippen molar-refractivity contribution in [2.24, 2.45) is 0 Å². The number of fused-ring (bicyclic) bond motifs is 1. The van der Waals surface area contributed by atoms with Crippen LogP contribution in [-0.4, -0.2) is 14.5 Å². The molecule has 0 radical (unpaired) electrons. The van der Waals surface area contributed by atoms with Crippen LogP contribution in [0, 0.1) is 17.0 Å². The van der Waals surface area contributed by atoms with Crippen molar-refractivity contribution in [3.63, 3.8) is 0 Å². The average molecular weight is 273 g/mol. The Morgan fingerprint density at radius 2 is 2.26 bits per heavy atom. The highest BCUT2D eigenvalue weighted by molar-refractivity contribution is 7.09. The van der Waals surface area contributed by atoms with E-state index in [1.165, 1.54) is 6.07 Å². The lowest BCUT2D eigenvalue weighted by Gasteiger charge is -2.03. The average Bonchev–Trinajstić information content (AvgIpc) is 2.97. The Kier molecular flexibility index (Phi) is 2.79. The summed E-state index contributed by atoms with van der Waals surface area (Å²) in [4.78, 5) is 15.2. The molecule has 0 spiro atoms. The molecule has 3 rings (SSSR count). The number of aromatic nitrogens is 2. The summed E-state index contributed by atoms with van der Waals surface area (Å²) in [5.41, 5.74) is 1.71. The third-order valence-electron chi connectivity index (χ3n) is 2.96. The molecular formula is C13H11N3O2S. The molecule has 0 saturated heterocycles. The van der Waals surface area contributed by atoms with Gasteiger partial charge in [0.05, 0.1) is 22.2 Å². The first kappa shape index (κ1) is 11.9. The van der Waals surface area contributed by atoms with Gasteiger partial charge < -0.3 is 4.57 Å². The molecule has 0 atom stereocenters. The van der Waals surface area contributed by atoms with Crippen molar-refractivity contribution in [2.45, 2.75) is 13.5 Å². The Labute approximate surface area is 113 Å². The third-order valence-corrected chi connectivity index (χ3v) is 3.79. The second-order valence-corrected chi connectivity index (χ2v) is 5.34. The van der Waals surface area contributed by atoms with Crippen molar-refractivity contribution < 1.29 is 4.92 Å². The highest BCUT2D eigenvalue weighted by atomic mass is 32.1. The number of thiazole rings is 1. The number of rotatable bonds is 3. The Morgan fingerprint density at radius 1 is 1.42 bits per heavy atom. The van der Waals surface area contributed by atoms with Crippen LogP contribution in [0.3, 0.4) is 0 Å². The molecule has 2 heterocycles. The second kappa shape index (κ2) is 4.47. The quantitative estimate of drug-likeness (QED) is 0.543. The van der Waals surface area contributed by atoms with Gasteiger partial charge in [-0.1, -0.05) is 12.1 Å². The van der Waals surface area contributed by atoms with Gasteiger partial charge in [0.1, 0.15) is 5.52 Å². The highest BCUT2D eigenvalue weighted by Gasteiger charge is 2.15. The number of hydrogen-bond donors (Lipinski definition) is 0. The Bertz CT molecular complexity index is 760. The molecular weight excluding hydrogens is 262 g/mol. The first-order valence-electron chi connectivity index (χ1n) is 5.78. The van der Waals surface area contributed by atoms with E-state index >= 15 is 0 Å². The molecule has 0 fully saturated rings. The minimum atomic E-state index is -0.342. The van der Waals surface area contributed by atoms with E-state index in [4.69, 9.17) is 0 Å². The zero-order valence-electron chi connectivity index (χ0n) is 10.2. The molecule has 0 saturated carbocycles. The number of aryl methyl sites for hydroxylation is 1. The number of hydrogen-bond acceptors (Lipinski definition) is 4. The summed E-state index contributed by atoms with van der Waals surface area (Å²) in [5, 5.41) is 15.0.